The molecule has 0 aliphatic carbocycles. The Hall–Kier alpha value is -1.49. The molecule has 2 N–H and O–H groups in total. The molecular weight excluding hydrogens is 177 g/mol. The maximum absolute atomic E-state index is 12.7. The summed E-state index contributed by atoms with van der Waals surface area (Å²) in [5, 5.41) is 17.4. The van der Waals surface area contributed by atoms with Gasteiger partial charge in [-0.3, -0.25) is 4.98 Å². The molecule has 13 heavy (non-hydrogen) atoms. The lowest BCUT2D eigenvalue weighted by atomic mass is 10.1. The van der Waals surface area contributed by atoms with Crippen molar-refractivity contribution in [3.05, 3.63) is 30.1 Å². The van der Waals surface area contributed by atoms with E-state index in [9.17, 15) is 9.18 Å². The Labute approximate surface area is 73.7 Å². The SMILES string of the molecule is O=C(O)C(F)C(O)c1cccnc1. The first kappa shape index (κ1) is 9.60. The van der Waals surface area contributed by atoms with E-state index in [2.05, 4.69) is 4.98 Å². The van der Waals surface area contributed by atoms with E-state index in [1.807, 2.05) is 0 Å². The summed E-state index contributed by atoms with van der Waals surface area (Å²) >= 11 is 0. The number of halogens is 1. The number of pyridine rings is 1. The highest BCUT2D eigenvalue weighted by Crippen LogP contribution is 2.17. The Morgan fingerprint density at radius 1 is 1.62 bits per heavy atom. The molecule has 5 heteroatoms. The van der Waals surface area contributed by atoms with Crippen molar-refractivity contribution in [3.63, 3.8) is 0 Å². The van der Waals surface area contributed by atoms with E-state index in [1.165, 1.54) is 24.5 Å². The molecule has 0 radical (unpaired) electrons. The first-order valence-corrected chi connectivity index (χ1v) is 3.58. The van der Waals surface area contributed by atoms with Crippen LogP contribution in [-0.2, 0) is 4.79 Å². The van der Waals surface area contributed by atoms with Crippen molar-refractivity contribution in [2.45, 2.75) is 12.3 Å². The van der Waals surface area contributed by atoms with Crippen LogP contribution in [0.3, 0.4) is 0 Å². The fourth-order valence-electron chi connectivity index (χ4n) is 0.855. The molecule has 2 atom stereocenters. The number of nitrogens with zero attached hydrogens (tertiary/aromatic N) is 1. The van der Waals surface area contributed by atoms with Gasteiger partial charge < -0.3 is 10.2 Å². The molecule has 0 saturated carbocycles. The number of aliphatic hydroxyl groups is 1. The number of aromatic nitrogens is 1. The third kappa shape index (κ3) is 2.22. The van der Waals surface area contributed by atoms with Gasteiger partial charge in [-0.15, -0.1) is 0 Å². The molecule has 0 amide bonds. The summed E-state index contributed by atoms with van der Waals surface area (Å²) in [6.07, 6.45) is -1.31. The van der Waals surface area contributed by atoms with Crippen molar-refractivity contribution in [2.75, 3.05) is 0 Å². The Balaban J connectivity index is 2.79. The zero-order chi connectivity index (χ0) is 9.84. The largest absolute Gasteiger partial charge is 0.479 e. The van der Waals surface area contributed by atoms with E-state index in [1.54, 1.807) is 0 Å². The van der Waals surface area contributed by atoms with E-state index in [0.717, 1.165) is 0 Å². The number of hydrogen-bond donors (Lipinski definition) is 2. The maximum atomic E-state index is 12.7. The van der Waals surface area contributed by atoms with Crippen molar-refractivity contribution >= 4 is 5.97 Å². The topological polar surface area (TPSA) is 70.4 Å². The van der Waals surface area contributed by atoms with Crippen LogP contribution in [0.4, 0.5) is 4.39 Å². The zero-order valence-electron chi connectivity index (χ0n) is 6.59. The molecule has 0 saturated heterocycles. The molecule has 0 spiro atoms. The molecule has 0 aliphatic heterocycles. The van der Waals surface area contributed by atoms with Crippen molar-refractivity contribution < 1.29 is 19.4 Å². The second-order valence-corrected chi connectivity index (χ2v) is 2.47. The van der Waals surface area contributed by atoms with E-state index >= 15 is 0 Å². The first-order valence-electron chi connectivity index (χ1n) is 3.58. The van der Waals surface area contributed by atoms with Gasteiger partial charge in [0.25, 0.3) is 0 Å². The smallest absolute Gasteiger partial charge is 0.341 e. The van der Waals surface area contributed by atoms with E-state index < -0.39 is 18.2 Å². The molecule has 0 aromatic carbocycles. The molecule has 1 heterocycles. The van der Waals surface area contributed by atoms with Gasteiger partial charge in [0.1, 0.15) is 6.10 Å². The molecule has 70 valence electrons. The van der Waals surface area contributed by atoms with Crippen LogP contribution in [0.1, 0.15) is 11.7 Å². The molecule has 4 nitrogen and oxygen atoms in total. The third-order valence-corrected chi connectivity index (χ3v) is 1.54. The number of carboxylic acids is 1. The van der Waals surface area contributed by atoms with Gasteiger partial charge in [0.15, 0.2) is 0 Å². The van der Waals surface area contributed by atoms with E-state index in [0.29, 0.717) is 0 Å². The Morgan fingerprint density at radius 3 is 2.77 bits per heavy atom. The fourth-order valence-corrected chi connectivity index (χ4v) is 0.855. The number of aliphatic hydroxyl groups excluding tert-OH is 1. The number of rotatable bonds is 3. The van der Waals surface area contributed by atoms with Crippen LogP contribution in [-0.4, -0.2) is 27.3 Å². The standard InChI is InChI=1S/C8H8FNO3/c9-6(8(12)13)7(11)5-2-1-3-10-4-5/h1-4,6-7,11H,(H,12,13). The van der Waals surface area contributed by atoms with Crippen molar-refractivity contribution in [1.29, 1.82) is 0 Å². The molecule has 1 aromatic heterocycles. The zero-order valence-corrected chi connectivity index (χ0v) is 6.59. The fraction of sp³-hybridized carbons (Fsp3) is 0.250. The molecule has 2 unspecified atom stereocenters. The normalized spacial score (nSPS) is 14.9. The highest BCUT2D eigenvalue weighted by molar-refractivity contribution is 5.73. The van der Waals surface area contributed by atoms with Gasteiger partial charge in [0.05, 0.1) is 0 Å². The minimum atomic E-state index is -2.32. The second kappa shape index (κ2) is 3.95. The van der Waals surface area contributed by atoms with E-state index in [-0.39, 0.29) is 5.56 Å². The molecule has 0 aliphatic rings. The van der Waals surface area contributed by atoms with Gasteiger partial charge in [-0.2, -0.15) is 0 Å². The number of carbonyl (C=O) groups is 1. The van der Waals surface area contributed by atoms with Crippen LogP contribution in [0, 0.1) is 0 Å². The predicted molar refractivity (Wildman–Crippen MR) is 41.7 cm³/mol. The number of carboxylic acid groups (broad SMARTS) is 1. The van der Waals surface area contributed by atoms with Crippen LogP contribution >= 0.6 is 0 Å². The summed E-state index contributed by atoms with van der Waals surface area (Å²) < 4.78 is 12.7. The van der Waals surface area contributed by atoms with Gasteiger partial charge in [0, 0.05) is 18.0 Å². The minimum absolute atomic E-state index is 0.150. The van der Waals surface area contributed by atoms with Crippen molar-refractivity contribution in [2.24, 2.45) is 0 Å². The number of alkyl halides is 1. The van der Waals surface area contributed by atoms with Gasteiger partial charge >= 0.3 is 5.97 Å². The van der Waals surface area contributed by atoms with Gasteiger partial charge in [-0.25, -0.2) is 9.18 Å². The predicted octanol–water partition coefficient (Wildman–Crippen LogP) is 0.538. The van der Waals surface area contributed by atoms with Crippen LogP contribution in [0.15, 0.2) is 24.5 Å². The van der Waals surface area contributed by atoms with Gasteiger partial charge in [0.2, 0.25) is 6.17 Å². The lowest BCUT2D eigenvalue weighted by Gasteiger charge is -2.11. The third-order valence-electron chi connectivity index (χ3n) is 1.54. The molecular formula is C8H8FNO3. The highest BCUT2D eigenvalue weighted by Gasteiger charge is 2.27. The molecule has 0 bridgehead atoms. The molecule has 1 rings (SSSR count). The van der Waals surface area contributed by atoms with Gasteiger partial charge in [-0.1, -0.05) is 6.07 Å². The summed E-state index contributed by atoms with van der Waals surface area (Å²) in [5.41, 5.74) is 0.150. The van der Waals surface area contributed by atoms with Crippen molar-refractivity contribution in [1.82, 2.24) is 4.98 Å². The van der Waals surface area contributed by atoms with Crippen LogP contribution < -0.4 is 0 Å². The maximum Gasteiger partial charge on any atom is 0.341 e. The van der Waals surface area contributed by atoms with Crippen LogP contribution in [0.5, 0.6) is 0 Å². The minimum Gasteiger partial charge on any atom is -0.479 e. The second-order valence-electron chi connectivity index (χ2n) is 2.47. The quantitative estimate of drug-likeness (QED) is 0.720. The average Bonchev–Trinajstić information content (AvgIpc) is 2.17. The first-order chi connectivity index (χ1) is 6.13. The molecule has 1 aromatic rings. The summed E-state index contributed by atoms with van der Waals surface area (Å²) in [7, 11) is 0. The summed E-state index contributed by atoms with van der Waals surface area (Å²) in [4.78, 5) is 13.8. The molecule has 0 fully saturated rings. The Kier molecular flexibility index (Phi) is 2.92. The van der Waals surface area contributed by atoms with Crippen LogP contribution in [0.2, 0.25) is 0 Å². The average molecular weight is 185 g/mol. The Bertz CT molecular complexity index is 291. The summed E-state index contributed by atoms with van der Waals surface area (Å²) in [6, 6.07) is 2.90. The van der Waals surface area contributed by atoms with Gasteiger partial charge in [-0.05, 0) is 6.07 Å². The number of hydrogen-bond acceptors (Lipinski definition) is 3. The monoisotopic (exact) mass is 185 g/mol. The van der Waals surface area contributed by atoms with E-state index in [4.69, 9.17) is 10.2 Å². The summed E-state index contributed by atoms with van der Waals surface area (Å²) in [6.45, 7) is 0. The Morgan fingerprint density at radius 2 is 2.31 bits per heavy atom. The van der Waals surface area contributed by atoms with Crippen LogP contribution in [0.25, 0.3) is 0 Å². The number of aliphatic carboxylic acids is 1. The highest BCUT2D eigenvalue weighted by atomic mass is 19.1. The lowest BCUT2D eigenvalue weighted by Crippen LogP contribution is -2.23. The lowest BCUT2D eigenvalue weighted by molar-refractivity contribution is -0.147. The van der Waals surface area contributed by atoms with Crippen molar-refractivity contribution in [3.8, 4) is 0 Å². The summed E-state index contributed by atoms with van der Waals surface area (Å²) in [5.74, 6) is -1.68.